The van der Waals surface area contributed by atoms with Gasteiger partial charge >= 0.3 is 18.0 Å². The van der Waals surface area contributed by atoms with Crippen LogP contribution >= 0.6 is 23.2 Å². The maximum absolute atomic E-state index is 14.7. The van der Waals surface area contributed by atoms with E-state index in [2.05, 4.69) is 14.8 Å². The third-order valence-electron chi connectivity index (χ3n) is 7.85. The summed E-state index contributed by atoms with van der Waals surface area (Å²) in [4.78, 5) is 37.2. The summed E-state index contributed by atoms with van der Waals surface area (Å²) in [5.41, 5.74) is 5.03. The van der Waals surface area contributed by atoms with E-state index in [0.29, 0.717) is 33.6 Å². The molecule has 12 heteroatoms. The zero-order valence-electron chi connectivity index (χ0n) is 29.1. The topological polar surface area (TPSA) is 94.2 Å². The van der Waals surface area contributed by atoms with Crippen LogP contribution in [0.15, 0.2) is 97.1 Å². The van der Waals surface area contributed by atoms with Gasteiger partial charge in [-0.1, -0.05) is 65.2 Å². The van der Waals surface area contributed by atoms with Crippen molar-refractivity contribution in [2.24, 2.45) is 0 Å². The number of hydrogen-bond acceptors (Lipinski definition) is 7. The van der Waals surface area contributed by atoms with Crippen molar-refractivity contribution in [3.05, 3.63) is 158 Å². The summed E-state index contributed by atoms with van der Waals surface area (Å²) in [6.07, 6.45) is -0.694. The minimum absolute atomic E-state index is 0.0795. The van der Waals surface area contributed by atoms with E-state index in [9.17, 15) is 23.2 Å². The van der Waals surface area contributed by atoms with Gasteiger partial charge in [-0.25, -0.2) is 23.2 Å². The molecule has 1 amide bonds. The molecule has 0 saturated carbocycles. The maximum Gasteiger partial charge on any atom is 0.420 e. The Labute approximate surface area is 310 Å². The molecule has 1 N–H and O–H groups in total. The first-order chi connectivity index (χ1) is 24.8. The van der Waals surface area contributed by atoms with Crippen LogP contribution in [0.2, 0.25) is 10.0 Å². The monoisotopic (exact) mass is 748 g/mol. The van der Waals surface area contributed by atoms with Gasteiger partial charge in [0.05, 0.1) is 31.9 Å². The van der Waals surface area contributed by atoms with Crippen molar-refractivity contribution in [3.8, 4) is 5.75 Å². The first kappa shape index (κ1) is 39.3. The molecule has 52 heavy (non-hydrogen) atoms. The van der Waals surface area contributed by atoms with Gasteiger partial charge in [0.1, 0.15) is 17.4 Å². The lowest BCUT2D eigenvalue weighted by atomic mass is 10.1. The summed E-state index contributed by atoms with van der Waals surface area (Å²) in [6.45, 7) is 5.85. The minimum Gasteiger partial charge on any atom is -0.465 e. The predicted octanol–water partition coefficient (Wildman–Crippen LogP) is 10.3. The summed E-state index contributed by atoms with van der Waals surface area (Å²) in [5.74, 6) is -1.94. The number of hydrogen-bond donors (Lipinski definition) is 1. The Hall–Kier alpha value is -5.45. The second-order valence-electron chi connectivity index (χ2n) is 11.6. The van der Waals surface area contributed by atoms with Gasteiger partial charge in [-0.15, -0.1) is 0 Å². The van der Waals surface area contributed by atoms with E-state index in [4.69, 9.17) is 27.9 Å². The molecule has 0 aromatic heterocycles. The first-order valence-corrected chi connectivity index (χ1v) is 16.6. The fourth-order valence-corrected chi connectivity index (χ4v) is 5.05. The Morgan fingerprint density at radius 1 is 0.673 bits per heavy atom. The van der Waals surface area contributed by atoms with E-state index in [-0.39, 0.29) is 23.2 Å². The van der Waals surface area contributed by atoms with Crippen LogP contribution in [0.25, 0.3) is 0 Å². The van der Waals surface area contributed by atoms with E-state index in [1.807, 2.05) is 45.0 Å². The molecule has 8 nitrogen and oxygen atoms in total. The highest BCUT2D eigenvalue weighted by molar-refractivity contribution is 6.32. The molecule has 0 aliphatic carbocycles. The molecular weight excluding hydrogens is 713 g/mol. The second-order valence-corrected chi connectivity index (χ2v) is 12.4. The quantitative estimate of drug-likeness (QED) is 0.150. The molecule has 0 heterocycles. The smallest absolute Gasteiger partial charge is 0.420 e. The molecule has 270 valence electrons. The maximum atomic E-state index is 14.7. The van der Waals surface area contributed by atoms with E-state index in [1.54, 1.807) is 42.5 Å². The van der Waals surface area contributed by atoms with Crippen LogP contribution in [0.4, 0.5) is 25.0 Å². The van der Waals surface area contributed by atoms with E-state index >= 15 is 0 Å². The highest BCUT2D eigenvalue weighted by atomic mass is 35.5. The molecule has 5 rings (SSSR count). The van der Waals surface area contributed by atoms with Gasteiger partial charge in [-0.05, 0) is 92.6 Å². The van der Waals surface area contributed by atoms with Crippen molar-refractivity contribution in [2.45, 2.75) is 33.9 Å². The Bertz CT molecular complexity index is 2070. The van der Waals surface area contributed by atoms with Gasteiger partial charge in [0.2, 0.25) is 0 Å². The molecule has 5 aromatic rings. The van der Waals surface area contributed by atoms with Gasteiger partial charge < -0.3 is 19.5 Å². The average molecular weight is 750 g/mol. The number of rotatable bonds is 9. The van der Waals surface area contributed by atoms with Crippen LogP contribution in [-0.2, 0) is 22.6 Å². The number of amides is 1. The molecule has 0 spiro atoms. The van der Waals surface area contributed by atoms with Gasteiger partial charge in [0, 0.05) is 39.1 Å². The van der Waals surface area contributed by atoms with Crippen LogP contribution in [0.1, 0.15) is 48.5 Å². The lowest BCUT2D eigenvalue weighted by Crippen LogP contribution is -2.33. The largest absolute Gasteiger partial charge is 0.465 e. The molecule has 0 bridgehead atoms. The Morgan fingerprint density at radius 2 is 1.21 bits per heavy atom. The lowest BCUT2D eigenvalue weighted by molar-refractivity contribution is 0.0591. The van der Waals surface area contributed by atoms with Gasteiger partial charge in [0.15, 0.2) is 0 Å². The van der Waals surface area contributed by atoms with Crippen molar-refractivity contribution < 1.29 is 37.4 Å². The number of carbonyl (C=O) groups is 3. The average Bonchev–Trinajstić information content (AvgIpc) is 3.13. The van der Waals surface area contributed by atoms with Crippen LogP contribution in [0.3, 0.4) is 0 Å². The number of nitrogens with zero attached hydrogens (tertiary/aromatic N) is 1. The molecule has 0 aliphatic rings. The summed E-state index contributed by atoms with van der Waals surface area (Å²) >= 11 is 12.3. The number of methoxy groups -OCH3 is 2. The summed E-state index contributed by atoms with van der Waals surface area (Å²) < 4.78 is 43.3. The number of ether oxygens (including phenoxy) is 3. The molecule has 0 fully saturated rings. The number of anilines is 2. The van der Waals surface area contributed by atoms with Crippen molar-refractivity contribution in [1.82, 2.24) is 0 Å². The van der Waals surface area contributed by atoms with Crippen molar-refractivity contribution >= 4 is 52.6 Å². The first-order valence-electron chi connectivity index (χ1n) is 15.8. The number of halogens is 4. The molecule has 0 aliphatic heterocycles. The third-order valence-corrected chi connectivity index (χ3v) is 8.66. The lowest BCUT2D eigenvalue weighted by Gasteiger charge is -2.23. The van der Waals surface area contributed by atoms with Crippen LogP contribution in [0.5, 0.6) is 5.75 Å². The molecule has 0 radical (unpaired) electrons. The van der Waals surface area contributed by atoms with Crippen molar-refractivity contribution in [1.29, 1.82) is 0 Å². The van der Waals surface area contributed by atoms with Crippen LogP contribution in [-0.4, -0.2) is 32.3 Å². The predicted molar refractivity (Wildman–Crippen MR) is 199 cm³/mol. The molecule has 0 saturated heterocycles. The minimum atomic E-state index is -0.694. The van der Waals surface area contributed by atoms with Gasteiger partial charge in [0.25, 0.3) is 0 Å². The normalized spacial score (nSPS) is 10.4. The fourth-order valence-electron chi connectivity index (χ4n) is 4.70. The Balaban J connectivity index is 0.000000251. The number of esters is 2. The Kier molecular flexibility index (Phi) is 13.7. The molecule has 0 atom stereocenters. The van der Waals surface area contributed by atoms with E-state index in [1.165, 1.54) is 43.4 Å². The van der Waals surface area contributed by atoms with Gasteiger partial charge in [-0.3, -0.25) is 4.90 Å². The number of aryl methyl sites for hydroxylation is 3. The number of benzene rings is 5. The molecule has 0 unspecified atom stereocenters. The zero-order valence-corrected chi connectivity index (χ0v) is 30.6. The van der Waals surface area contributed by atoms with E-state index in [0.717, 1.165) is 28.4 Å². The van der Waals surface area contributed by atoms with Crippen molar-refractivity contribution in [3.63, 3.8) is 0 Å². The summed E-state index contributed by atoms with van der Waals surface area (Å²) in [6, 6.07) is 25.9. The fraction of sp³-hybridized carbons (Fsp3) is 0.175. The van der Waals surface area contributed by atoms with Crippen molar-refractivity contribution in [2.75, 3.05) is 24.4 Å². The van der Waals surface area contributed by atoms with E-state index < -0.39 is 29.7 Å². The van der Waals surface area contributed by atoms with Gasteiger partial charge in [-0.2, -0.15) is 0 Å². The Morgan fingerprint density at radius 3 is 1.73 bits per heavy atom. The molecular formula is C40H36Cl2F2N2O6. The standard InChI is InChI=1S/C24H21ClFNO4.C16H15ClFNO2/c1-15-4-10-20(11-5-15)31-24(29)27(19-9-6-16(2)21(25)13-19)14-18-8-7-17(12-22(18)26)23(28)30-3;1-10-3-6-13(8-14(10)17)19-9-12-5-4-11(7-15(12)18)16(20)21-2/h4-13H,14H2,1-3H3;3-8,19H,9H2,1-2H3. The second kappa shape index (κ2) is 18.2. The third kappa shape index (κ3) is 10.5. The molecule has 5 aromatic carbocycles. The highest BCUT2D eigenvalue weighted by Gasteiger charge is 2.22. The van der Waals surface area contributed by atoms with Crippen LogP contribution < -0.4 is 15.0 Å². The van der Waals surface area contributed by atoms with Crippen LogP contribution in [0, 0.1) is 32.4 Å². The summed E-state index contributed by atoms with van der Waals surface area (Å²) in [7, 11) is 2.48. The number of carbonyl (C=O) groups excluding carboxylic acids is 3. The SMILES string of the molecule is COC(=O)c1ccc(CN(C(=O)Oc2ccc(C)cc2)c2ccc(C)c(Cl)c2)c(F)c1.COC(=O)c1ccc(CNc2ccc(C)c(Cl)c2)c(F)c1. The summed E-state index contributed by atoms with van der Waals surface area (Å²) in [5, 5.41) is 4.21. The highest BCUT2D eigenvalue weighted by Crippen LogP contribution is 2.27. The number of nitrogens with one attached hydrogen (secondary N) is 1. The zero-order chi connectivity index (χ0) is 37.9.